The van der Waals surface area contributed by atoms with E-state index in [1.807, 2.05) is 0 Å². The van der Waals surface area contributed by atoms with E-state index >= 15 is 0 Å². The minimum absolute atomic E-state index is 0.120. The van der Waals surface area contributed by atoms with Crippen LogP contribution in [0.2, 0.25) is 0 Å². The van der Waals surface area contributed by atoms with Gasteiger partial charge in [-0.1, -0.05) is 48.5 Å². The first-order valence-corrected chi connectivity index (χ1v) is 13.8. The van der Waals surface area contributed by atoms with Gasteiger partial charge >= 0.3 is 6.03 Å². The average Bonchev–Trinajstić information content (AvgIpc) is 3.45. The predicted octanol–water partition coefficient (Wildman–Crippen LogP) is 4.52. The quantitative estimate of drug-likeness (QED) is 0.404. The van der Waals surface area contributed by atoms with Crippen LogP contribution in [-0.4, -0.2) is 85.5 Å². The van der Waals surface area contributed by atoms with E-state index in [1.54, 1.807) is 60.7 Å². The maximum Gasteiger partial charge on any atom is 0.322 e. The number of amides is 3. The molecule has 0 radical (unpaired) electrons. The van der Waals surface area contributed by atoms with Gasteiger partial charge < -0.3 is 19.7 Å². The van der Waals surface area contributed by atoms with Crippen molar-refractivity contribution in [1.82, 2.24) is 14.8 Å². The molecule has 3 amide bonds. The average molecular weight is 578 g/mol. The van der Waals surface area contributed by atoms with Gasteiger partial charge in [0.2, 0.25) is 0 Å². The summed E-state index contributed by atoms with van der Waals surface area (Å²) < 4.78 is 40.4. The van der Waals surface area contributed by atoms with Crippen molar-refractivity contribution in [2.45, 2.75) is 12.5 Å². The van der Waals surface area contributed by atoms with Crippen molar-refractivity contribution in [2.24, 2.45) is 5.10 Å². The topological polar surface area (TPSA) is 86.7 Å². The van der Waals surface area contributed by atoms with Crippen LogP contribution in [0.15, 0.2) is 77.9 Å². The second-order valence-electron chi connectivity index (χ2n) is 10.0. The van der Waals surface area contributed by atoms with Gasteiger partial charge in [0.05, 0.1) is 37.8 Å². The van der Waals surface area contributed by atoms with E-state index in [9.17, 15) is 18.4 Å². The molecule has 3 aromatic rings. The van der Waals surface area contributed by atoms with Crippen LogP contribution in [0.4, 0.5) is 19.3 Å². The van der Waals surface area contributed by atoms with E-state index in [2.05, 4.69) is 15.3 Å². The zero-order chi connectivity index (χ0) is 29.5. The highest BCUT2D eigenvalue weighted by atomic mass is 19.1. The van der Waals surface area contributed by atoms with Crippen LogP contribution in [0, 0.1) is 11.6 Å². The number of hydrogen-bond acceptors (Lipinski definition) is 6. The molecule has 0 aliphatic carbocycles. The normalized spacial score (nSPS) is 17.1. The van der Waals surface area contributed by atoms with Gasteiger partial charge in [0.25, 0.3) is 5.91 Å². The standard InChI is InChI=1S/C31H33F2N5O4/c1-41-29-13-7-6-12-26(29)34-31(40)37(15-14-36-16-18-42-19-17-36)21-30(39)38-28(23-9-3-5-11-25(23)33)20-27(35-38)22-8-2-4-10-24(22)32/h2-13,28H,14-21H2,1H3,(H,34,40)/t28-/m0/s1. The number of ether oxygens (including phenoxy) is 2. The van der Waals surface area contributed by atoms with Crippen molar-refractivity contribution in [3.8, 4) is 5.75 Å². The number of carbonyl (C=O) groups excluding carboxylic acids is 2. The zero-order valence-electron chi connectivity index (χ0n) is 23.3. The van der Waals surface area contributed by atoms with Gasteiger partial charge in [0.1, 0.15) is 23.9 Å². The largest absolute Gasteiger partial charge is 0.495 e. The number of hydrazone groups is 1. The summed E-state index contributed by atoms with van der Waals surface area (Å²) >= 11 is 0. The Kier molecular flexibility index (Phi) is 9.40. The highest BCUT2D eigenvalue weighted by Gasteiger charge is 2.36. The lowest BCUT2D eigenvalue weighted by molar-refractivity contribution is -0.133. The highest BCUT2D eigenvalue weighted by molar-refractivity contribution is 6.03. The molecule has 0 spiro atoms. The molecule has 1 atom stereocenters. The van der Waals surface area contributed by atoms with Crippen molar-refractivity contribution in [3.63, 3.8) is 0 Å². The van der Waals surface area contributed by atoms with Crippen LogP contribution in [0.5, 0.6) is 5.75 Å². The van der Waals surface area contributed by atoms with Gasteiger partial charge in [-0.3, -0.25) is 9.69 Å². The van der Waals surface area contributed by atoms with Crippen LogP contribution in [0.1, 0.15) is 23.6 Å². The molecule has 1 N–H and O–H groups in total. The second kappa shape index (κ2) is 13.5. The first-order valence-electron chi connectivity index (χ1n) is 13.8. The molecule has 2 aliphatic rings. The molecule has 3 aromatic carbocycles. The van der Waals surface area contributed by atoms with Crippen LogP contribution in [-0.2, 0) is 9.53 Å². The number of rotatable bonds is 9. The number of para-hydroxylation sites is 2. The summed E-state index contributed by atoms with van der Waals surface area (Å²) in [6.45, 7) is 3.06. The molecule has 1 fully saturated rings. The summed E-state index contributed by atoms with van der Waals surface area (Å²) in [4.78, 5) is 31.0. The molecule has 5 rings (SSSR count). The fourth-order valence-electron chi connectivity index (χ4n) is 5.10. The van der Waals surface area contributed by atoms with Gasteiger partial charge in [0.15, 0.2) is 0 Å². The number of nitrogens with one attached hydrogen (secondary N) is 1. The fraction of sp³-hybridized carbons (Fsp3) is 0.323. The summed E-state index contributed by atoms with van der Waals surface area (Å²) in [5, 5.41) is 8.50. The summed E-state index contributed by atoms with van der Waals surface area (Å²) in [6, 6.07) is 18.0. The number of halogens is 2. The Hall–Kier alpha value is -4.35. The minimum atomic E-state index is -0.799. The van der Waals surface area contributed by atoms with Crippen molar-refractivity contribution in [1.29, 1.82) is 0 Å². The number of methoxy groups -OCH3 is 1. The molecule has 11 heteroatoms. The Labute approximate surface area is 243 Å². The third-order valence-electron chi connectivity index (χ3n) is 7.37. The van der Waals surface area contributed by atoms with Crippen LogP contribution < -0.4 is 10.1 Å². The Balaban J connectivity index is 1.41. The number of morpholine rings is 1. The molecule has 2 heterocycles. The maximum atomic E-state index is 15.0. The predicted molar refractivity (Wildman–Crippen MR) is 154 cm³/mol. The van der Waals surface area contributed by atoms with Gasteiger partial charge in [0, 0.05) is 43.7 Å². The van der Waals surface area contributed by atoms with E-state index in [0.29, 0.717) is 50.0 Å². The summed E-state index contributed by atoms with van der Waals surface area (Å²) in [6.07, 6.45) is 0.120. The first-order chi connectivity index (χ1) is 20.4. The third-order valence-corrected chi connectivity index (χ3v) is 7.37. The SMILES string of the molecule is COc1ccccc1NC(=O)N(CCN1CCOCC1)CC(=O)N1N=C(c2ccccc2F)C[C@H]1c1ccccc1F. The number of benzene rings is 3. The lowest BCUT2D eigenvalue weighted by Gasteiger charge is -2.31. The molecule has 220 valence electrons. The molecular weight excluding hydrogens is 544 g/mol. The fourth-order valence-corrected chi connectivity index (χ4v) is 5.10. The van der Waals surface area contributed by atoms with Crippen molar-refractivity contribution < 1.29 is 27.8 Å². The van der Waals surface area contributed by atoms with E-state index in [-0.39, 0.29) is 30.6 Å². The van der Waals surface area contributed by atoms with E-state index in [0.717, 1.165) is 0 Å². The number of anilines is 1. The zero-order valence-corrected chi connectivity index (χ0v) is 23.3. The van der Waals surface area contributed by atoms with Crippen molar-refractivity contribution in [3.05, 3.63) is 95.6 Å². The van der Waals surface area contributed by atoms with Gasteiger partial charge in [-0.2, -0.15) is 5.10 Å². The van der Waals surface area contributed by atoms with Crippen LogP contribution >= 0.6 is 0 Å². The molecule has 0 saturated carbocycles. The number of urea groups is 1. The Morgan fingerprint density at radius 2 is 1.69 bits per heavy atom. The minimum Gasteiger partial charge on any atom is -0.495 e. The lowest BCUT2D eigenvalue weighted by Crippen LogP contribution is -2.47. The number of carbonyl (C=O) groups is 2. The molecular formula is C31H33F2N5O4. The second-order valence-corrected chi connectivity index (χ2v) is 10.0. The highest BCUT2D eigenvalue weighted by Crippen LogP contribution is 2.35. The Bertz CT molecular complexity index is 1450. The molecule has 2 aliphatic heterocycles. The van der Waals surface area contributed by atoms with Crippen LogP contribution in [0.3, 0.4) is 0 Å². The number of hydrogen-bond donors (Lipinski definition) is 1. The third kappa shape index (κ3) is 6.75. The van der Waals surface area contributed by atoms with Gasteiger partial charge in [-0.15, -0.1) is 0 Å². The van der Waals surface area contributed by atoms with E-state index in [4.69, 9.17) is 9.47 Å². The van der Waals surface area contributed by atoms with Crippen LogP contribution in [0.25, 0.3) is 0 Å². The van der Waals surface area contributed by atoms with Crippen molar-refractivity contribution >= 4 is 23.3 Å². The molecule has 0 aromatic heterocycles. The smallest absolute Gasteiger partial charge is 0.322 e. The molecule has 0 bridgehead atoms. The van der Waals surface area contributed by atoms with Gasteiger partial charge in [-0.25, -0.2) is 18.6 Å². The molecule has 9 nitrogen and oxygen atoms in total. The van der Waals surface area contributed by atoms with E-state index < -0.39 is 29.6 Å². The molecule has 42 heavy (non-hydrogen) atoms. The first kappa shape index (κ1) is 29.2. The summed E-state index contributed by atoms with van der Waals surface area (Å²) in [5.41, 5.74) is 1.29. The van der Waals surface area contributed by atoms with E-state index in [1.165, 1.54) is 29.2 Å². The molecule has 1 saturated heterocycles. The number of nitrogens with zero attached hydrogens (tertiary/aromatic N) is 4. The Morgan fingerprint density at radius 1 is 1.00 bits per heavy atom. The summed E-state index contributed by atoms with van der Waals surface area (Å²) in [5.74, 6) is -1.03. The lowest BCUT2D eigenvalue weighted by atomic mass is 9.97. The maximum absolute atomic E-state index is 15.0. The molecule has 0 unspecified atom stereocenters. The monoisotopic (exact) mass is 577 g/mol. The van der Waals surface area contributed by atoms with Gasteiger partial charge in [-0.05, 0) is 24.3 Å². The Morgan fingerprint density at radius 3 is 2.43 bits per heavy atom. The summed E-state index contributed by atoms with van der Waals surface area (Å²) in [7, 11) is 1.51. The van der Waals surface area contributed by atoms with Crippen molar-refractivity contribution in [2.75, 3.05) is 58.4 Å².